The third-order valence-electron chi connectivity index (χ3n) is 6.07. The number of Topliss-reactive ketones (excluding diaryl/α,β-unsaturated/α-hetero) is 1. The van der Waals surface area contributed by atoms with E-state index < -0.39 is 39.9 Å². The van der Waals surface area contributed by atoms with Gasteiger partial charge in [-0.2, -0.15) is 8.78 Å². The number of fused-ring (bicyclic) bond motifs is 2. The van der Waals surface area contributed by atoms with Gasteiger partial charge in [0.15, 0.2) is 22.6 Å². The third-order valence-corrected chi connectivity index (χ3v) is 6.87. The Bertz CT molecular complexity index is 1500. The van der Waals surface area contributed by atoms with Crippen LogP contribution in [0.4, 0.5) is 14.6 Å². The first-order valence-electron chi connectivity index (χ1n) is 10.9. The van der Waals surface area contributed by atoms with Gasteiger partial charge in [0.05, 0.1) is 12.4 Å². The zero-order valence-electron chi connectivity index (χ0n) is 18.9. The zero-order valence-corrected chi connectivity index (χ0v) is 19.7. The van der Waals surface area contributed by atoms with Gasteiger partial charge in [0.25, 0.3) is 0 Å². The number of hydrogen-bond acceptors (Lipinski definition) is 9. The molecule has 1 aliphatic heterocycles. The predicted octanol–water partition coefficient (Wildman–Crippen LogP) is 0.0934. The van der Waals surface area contributed by atoms with Crippen LogP contribution >= 0.6 is 0 Å². The first-order valence-corrected chi connectivity index (χ1v) is 12.1. The summed E-state index contributed by atoms with van der Waals surface area (Å²) in [6.07, 6.45) is 3.31. The molecule has 0 bridgehead atoms. The number of anilines is 1. The minimum absolute atomic E-state index is 0.0878. The number of alkyl halides is 2. The van der Waals surface area contributed by atoms with E-state index in [0.717, 1.165) is 12.1 Å². The Kier molecular flexibility index (Phi) is 6.20. The van der Waals surface area contributed by atoms with E-state index in [1.165, 1.54) is 18.5 Å². The van der Waals surface area contributed by atoms with E-state index in [1.54, 1.807) is 16.8 Å². The Morgan fingerprint density at radius 2 is 2.08 bits per heavy atom. The van der Waals surface area contributed by atoms with Crippen molar-refractivity contribution in [3.63, 3.8) is 0 Å². The maximum absolute atomic E-state index is 14.5. The summed E-state index contributed by atoms with van der Waals surface area (Å²) in [4.78, 5) is 36.3. The van der Waals surface area contributed by atoms with Crippen LogP contribution in [0.3, 0.4) is 0 Å². The molecule has 2 aliphatic rings. The number of imidazole rings is 1. The quantitative estimate of drug-likeness (QED) is 0.333. The summed E-state index contributed by atoms with van der Waals surface area (Å²) in [6, 6.07) is 4.99. The number of nitrogens with one attached hydrogen (secondary N) is 2. The Balaban J connectivity index is 1.17. The molecule has 1 aromatic carbocycles. The van der Waals surface area contributed by atoms with Crippen LogP contribution in [0.2, 0.25) is 0 Å². The van der Waals surface area contributed by atoms with E-state index >= 15 is 0 Å². The molecule has 1 aliphatic carbocycles. The summed E-state index contributed by atoms with van der Waals surface area (Å²) < 4.78 is 53.4. The largest absolute Gasteiger partial charge is 0.382 e. The minimum atomic E-state index is -4.25. The molecule has 0 saturated carbocycles. The van der Waals surface area contributed by atoms with Crippen molar-refractivity contribution in [2.24, 2.45) is 0 Å². The molecule has 5 rings (SSSR count). The Hall–Kier alpha value is -3.84. The second-order valence-electron chi connectivity index (χ2n) is 8.33. The summed E-state index contributed by atoms with van der Waals surface area (Å²) in [7, 11) is 0. The van der Waals surface area contributed by atoms with Crippen molar-refractivity contribution in [2.45, 2.75) is 36.7 Å². The number of nitrogens with two attached hydrogens (primary N) is 1. The second-order valence-corrected chi connectivity index (χ2v) is 9.36. The second kappa shape index (κ2) is 9.23. The molecular weight excluding hydrogens is 512 g/mol. The van der Waals surface area contributed by atoms with Gasteiger partial charge in [-0.05, 0) is 24.7 Å². The van der Waals surface area contributed by atoms with Crippen molar-refractivity contribution in [2.75, 3.05) is 12.3 Å². The highest BCUT2D eigenvalue weighted by molar-refractivity contribution is 7.81. The molecule has 3 heterocycles. The number of ketones is 1. The van der Waals surface area contributed by atoms with E-state index in [2.05, 4.69) is 19.7 Å². The van der Waals surface area contributed by atoms with Crippen LogP contribution in [0, 0.1) is 11.8 Å². The van der Waals surface area contributed by atoms with Crippen LogP contribution in [0.1, 0.15) is 35.0 Å². The number of amides is 1. The standard InChI is InChI=1S/C22H19F2N7O5S/c23-22(24)18(33)13-3-1-2-4-14(13)21(22,34)8-7-15(32)30-37(35)29-9-12-5-6-16(36-12)31-11-28-17-19(25)26-10-27-20(17)31/h1-4,10-12,16,29,34H,5-6,9H2,(H,30,32)(H2,25,26,27). The van der Waals surface area contributed by atoms with Crippen molar-refractivity contribution in [3.05, 3.63) is 48.0 Å². The van der Waals surface area contributed by atoms with Crippen molar-refractivity contribution in [1.29, 1.82) is 0 Å². The summed E-state index contributed by atoms with van der Waals surface area (Å²) in [5.41, 5.74) is 2.78. The Labute approximate surface area is 210 Å². The number of benzene rings is 1. The first-order chi connectivity index (χ1) is 17.6. The molecule has 192 valence electrons. The van der Waals surface area contributed by atoms with Gasteiger partial charge in [0, 0.05) is 17.7 Å². The third kappa shape index (κ3) is 4.23. The minimum Gasteiger partial charge on any atom is -0.382 e. The van der Waals surface area contributed by atoms with E-state index in [-0.39, 0.29) is 30.3 Å². The summed E-state index contributed by atoms with van der Waals surface area (Å²) >= 11 is -2.13. The molecule has 4 unspecified atom stereocenters. The maximum Gasteiger partial charge on any atom is 0.353 e. The number of aliphatic hydroxyl groups is 1. The highest BCUT2D eigenvalue weighted by Gasteiger charge is 2.65. The molecule has 4 atom stereocenters. The number of aromatic nitrogens is 4. The average Bonchev–Trinajstić information content (AvgIpc) is 3.56. The summed E-state index contributed by atoms with van der Waals surface area (Å²) in [5, 5.41) is 10.5. The molecule has 0 spiro atoms. The normalized spacial score (nSPS) is 24.9. The van der Waals surface area contributed by atoms with Crippen LogP contribution < -0.4 is 15.2 Å². The lowest BCUT2D eigenvalue weighted by molar-refractivity contribution is -0.116. The number of ether oxygens (including phenoxy) is 1. The number of hydrogen-bond donors (Lipinski definition) is 4. The van der Waals surface area contributed by atoms with Gasteiger partial charge in [0.1, 0.15) is 18.1 Å². The van der Waals surface area contributed by atoms with E-state index in [1.807, 2.05) is 10.6 Å². The lowest BCUT2D eigenvalue weighted by Gasteiger charge is -2.23. The molecule has 1 amide bonds. The lowest BCUT2D eigenvalue weighted by atomic mass is 9.94. The van der Waals surface area contributed by atoms with Gasteiger partial charge >= 0.3 is 11.8 Å². The summed E-state index contributed by atoms with van der Waals surface area (Å²) in [5.74, 6) is -3.21. The molecule has 2 aromatic heterocycles. The molecule has 3 aromatic rings. The van der Waals surface area contributed by atoms with Crippen molar-refractivity contribution in [1.82, 2.24) is 29.0 Å². The fourth-order valence-corrected chi connectivity index (χ4v) is 4.86. The fourth-order valence-electron chi connectivity index (χ4n) is 4.23. The predicted molar refractivity (Wildman–Crippen MR) is 125 cm³/mol. The summed E-state index contributed by atoms with van der Waals surface area (Å²) in [6.45, 7) is 0.0878. The fraction of sp³-hybridized carbons (Fsp3) is 0.318. The SMILES string of the molecule is Nc1ncnc2c1ncn2C1CCC(CNS(=O)NC(=O)C#CC2(O)c3ccccc3C(=O)C2(F)F)O1. The molecule has 5 N–H and O–H groups in total. The van der Waals surface area contributed by atoms with Gasteiger partial charge in [-0.15, -0.1) is 0 Å². The molecule has 1 fully saturated rings. The number of halogens is 2. The number of nitrogen functional groups attached to an aromatic ring is 1. The number of rotatable bonds is 5. The van der Waals surface area contributed by atoms with Gasteiger partial charge in [0.2, 0.25) is 11.4 Å². The average molecular weight is 532 g/mol. The van der Waals surface area contributed by atoms with E-state index in [4.69, 9.17) is 10.5 Å². The van der Waals surface area contributed by atoms with Crippen LogP contribution in [0.5, 0.6) is 0 Å². The van der Waals surface area contributed by atoms with Crippen molar-refractivity contribution in [3.8, 4) is 11.8 Å². The van der Waals surface area contributed by atoms with Crippen LogP contribution in [0.15, 0.2) is 36.9 Å². The topological polar surface area (TPSA) is 174 Å². The van der Waals surface area contributed by atoms with Gasteiger partial charge < -0.3 is 15.6 Å². The highest BCUT2D eigenvalue weighted by atomic mass is 32.2. The van der Waals surface area contributed by atoms with Crippen LogP contribution in [-0.4, -0.2) is 59.1 Å². The molecular formula is C22H19F2N7O5S. The first kappa shape index (κ1) is 24.8. The highest BCUT2D eigenvalue weighted by Crippen LogP contribution is 2.47. The number of carbonyl (C=O) groups is 2. The van der Waals surface area contributed by atoms with Crippen LogP contribution in [0.25, 0.3) is 11.2 Å². The number of carbonyl (C=O) groups excluding carboxylic acids is 2. The Morgan fingerprint density at radius 1 is 1.30 bits per heavy atom. The maximum atomic E-state index is 14.5. The molecule has 1 saturated heterocycles. The van der Waals surface area contributed by atoms with E-state index in [9.17, 15) is 27.7 Å². The lowest BCUT2D eigenvalue weighted by Crippen LogP contribution is -2.44. The zero-order chi connectivity index (χ0) is 26.4. The van der Waals surface area contributed by atoms with Crippen LogP contribution in [-0.2, 0) is 26.3 Å². The van der Waals surface area contributed by atoms with Crippen molar-refractivity contribution >= 4 is 39.8 Å². The van der Waals surface area contributed by atoms with E-state index in [0.29, 0.717) is 24.0 Å². The van der Waals surface area contributed by atoms with Gasteiger partial charge in [-0.1, -0.05) is 24.3 Å². The molecule has 37 heavy (non-hydrogen) atoms. The van der Waals surface area contributed by atoms with Crippen molar-refractivity contribution < 1.29 is 32.4 Å². The van der Waals surface area contributed by atoms with Gasteiger partial charge in [-0.3, -0.25) is 18.9 Å². The molecule has 12 nitrogen and oxygen atoms in total. The Morgan fingerprint density at radius 3 is 2.89 bits per heavy atom. The smallest absolute Gasteiger partial charge is 0.353 e. The molecule has 15 heteroatoms. The monoisotopic (exact) mass is 531 g/mol. The number of nitrogens with zero attached hydrogens (tertiary/aromatic N) is 4. The molecule has 0 radical (unpaired) electrons. The van der Waals surface area contributed by atoms with Gasteiger partial charge in [-0.25, -0.2) is 23.9 Å².